The molecule has 0 saturated carbocycles. The molecule has 2 amide bonds. The molecule has 4 aliphatic rings. The molecule has 7 rings (SSSR count). The molecule has 4 heteroatoms. The Kier molecular flexibility index (Phi) is 4.04. The molecule has 154 valence electrons. The van der Waals surface area contributed by atoms with Gasteiger partial charge in [0.2, 0.25) is 11.8 Å². The van der Waals surface area contributed by atoms with Gasteiger partial charge in [0.15, 0.2) is 0 Å². The van der Waals surface area contributed by atoms with Crippen molar-refractivity contribution in [3.8, 4) is 0 Å². The number of likely N-dealkylation sites (tertiary alicyclic amines) is 1. The van der Waals surface area contributed by atoms with Gasteiger partial charge in [-0.25, -0.2) is 0 Å². The number of para-hydroxylation sites is 1. The number of aryl methyl sites for hydroxylation is 1. The topological polar surface area (TPSA) is 49.4 Å². The van der Waals surface area contributed by atoms with Crippen molar-refractivity contribution in [1.82, 2.24) is 4.90 Å². The van der Waals surface area contributed by atoms with Crippen molar-refractivity contribution < 1.29 is 9.59 Å². The van der Waals surface area contributed by atoms with Crippen molar-refractivity contribution >= 4 is 17.5 Å². The Bertz CT molecular complexity index is 1100. The third-order valence-electron chi connectivity index (χ3n) is 7.37. The number of carbonyl (C=O) groups is 2. The van der Waals surface area contributed by atoms with Gasteiger partial charge in [0.25, 0.3) is 0 Å². The van der Waals surface area contributed by atoms with Crippen LogP contribution in [0.1, 0.15) is 46.6 Å². The fourth-order valence-electron chi connectivity index (χ4n) is 6.06. The van der Waals surface area contributed by atoms with Crippen molar-refractivity contribution in [3.05, 3.63) is 101 Å². The molecule has 0 spiro atoms. The molecule has 3 aromatic carbocycles. The van der Waals surface area contributed by atoms with E-state index in [0.29, 0.717) is 0 Å². The molecule has 1 heterocycles. The van der Waals surface area contributed by atoms with E-state index in [1.54, 1.807) is 0 Å². The van der Waals surface area contributed by atoms with Gasteiger partial charge in [-0.3, -0.25) is 14.5 Å². The second-order valence-corrected chi connectivity index (χ2v) is 8.71. The first-order valence-corrected chi connectivity index (χ1v) is 11.1. The normalized spacial score (nSPS) is 25.3. The second kappa shape index (κ2) is 6.81. The van der Waals surface area contributed by atoms with Crippen LogP contribution in [-0.4, -0.2) is 23.4 Å². The summed E-state index contributed by atoms with van der Waals surface area (Å²) in [5.74, 6) is -0.819. The highest BCUT2D eigenvalue weighted by Gasteiger charge is 2.61. The van der Waals surface area contributed by atoms with Crippen LogP contribution in [0.4, 0.5) is 5.69 Å². The maximum atomic E-state index is 13.6. The van der Waals surface area contributed by atoms with Gasteiger partial charge in [0.05, 0.1) is 18.5 Å². The van der Waals surface area contributed by atoms with Crippen LogP contribution < -0.4 is 5.32 Å². The summed E-state index contributed by atoms with van der Waals surface area (Å²) in [5.41, 5.74) is 6.99. The Hall–Kier alpha value is -3.40. The van der Waals surface area contributed by atoms with E-state index in [1.165, 1.54) is 32.7 Å². The summed E-state index contributed by atoms with van der Waals surface area (Å²) < 4.78 is 0. The smallest absolute Gasteiger partial charge is 0.235 e. The third-order valence-corrected chi connectivity index (χ3v) is 7.37. The predicted molar refractivity (Wildman–Crippen MR) is 120 cm³/mol. The average Bonchev–Trinajstić information content (AvgIpc) is 3.08. The fraction of sp³-hybridized carbons (Fsp3) is 0.259. The number of hydrogen-bond donors (Lipinski definition) is 1. The van der Waals surface area contributed by atoms with Gasteiger partial charge in [-0.2, -0.15) is 0 Å². The minimum atomic E-state index is -0.314. The lowest BCUT2D eigenvalue weighted by atomic mass is 9.55. The van der Waals surface area contributed by atoms with Gasteiger partial charge in [0.1, 0.15) is 0 Å². The van der Waals surface area contributed by atoms with E-state index in [4.69, 9.17) is 0 Å². The minimum Gasteiger partial charge on any atom is -0.367 e. The lowest BCUT2D eigenvalue weighted by Gasteiger charge is -2.45. The molecule has 3 aliphatic carbocycles. The van der Waals surface area contributed by atoms with Crippen molar-refractivity contribution in [1.29, 1.82) is 0 Å². The summed E-state index contributed by atoms with van der Waals surface area (Å²) in [4.78, 5) is 28.7. The van der Waals surface area contributed by atoms with Crippen molar-refractivity contribution in [2.75, 3.05) is 12.0 Å². The van der Waals surface area contributed by atoms with E-state index in [-0.39, 0.29) is 42.2 Å². The van der Waals surface area contributed by atoms with E-state index >= 15 is 0 Å². The van der Waals surface area contributed by atoms with Gasteiger partial charge in [0, 0.05) is 17.5 Å². The molecule has 2 atom stereocenters. The maximum absolute atomic E-state index is 13.6. The zero-order valence-electron chi connectivity index (χ0n) is 17.4. The monoisotopic (exact) mass is 408 g/mol. The van der Waals surface area contributed by atoms with Crippen molar-refractivity contribution in [2.24, 2.45) is 11.8 Å². The first-order chi connectivity index (χ1) is 15.2. The average molecular weight is 409 g/mol. The number of imide groups is 1. The first-order valence-electron chi connectivity index (χ1n) is 11.1. The number of benzene rings is 3. The standard InChI is InChI=1S/C27H24N2O2/c1-2-16-9-3-8-14-21(16)28-15-29-26(30)24-22-17-10-4-5-11-18(17)23(25(24)27(29)31)20-13-7-6-12-19(20)22/h3-14,22-25,28H,2,15H2,1H3/t22?,23?,24-,25-/m1/s1. The van der Waals surface area contributed by atoms with Gasteiger partial charge >= 0.3 is 0 Å². The van der Waals surface area contributed by atoms with E-state index in [1.807, 2.05) is 42.5 Å². The van der Waals surface area contributed by atoms with E-state index in [2.05, 4.69) is 42.6 Å². The molecule has 0 radical (unpaired) electrons. The molecule has 2 bridgehead atoms. The zero-order chi connectivity index (χ0) is 21.1. The molecule has 1 N–H and O–H groups in total. The first kappa shape index (κ1) is 18.4. The summed E-state index contributed by atoms with van der Waals surface area (Å²) in [6, 6.07) is 24.8. The number of nitrogens with one attached hydrogen (secondary N) is 1. The van der Waals surface area contributed by atoms with Gasteiger partial charge in [-0.1, -0.05) is 73.7 Å². The number of amides is 2. The third kappa shape index (κ3) is 2.48. The Morgan fingerprint density at radius 1 is 0.710 bits per heavy atom. The highest BCUT2D eigenvalue weighted by atomic mass is 16.2. The molecule has 31 heavy (non-hydrogen) atoms. The predicted octanol–water partition coefficient (Wildman–Crippen LogP) is 4.51. The number of hydrogen-bond acceptors (Lipinski definition) is 3. The molecule has 4 nitrogen and oxygen atoms in total. The molecule has 1 fully saturated rings. The van der Waals surface area contributed by atoms with Crippen LogP contribution in [0.15, 0.2) is 72.8 Å². The van der Waals surface area contributed by atoms with Crippen molar-refractivity contribution in [2.45, 2.75) is 25.2 Å². The van der Waals surface area contributed by atoms with Crippen LogP contribution in [0.3, 0.4) is 0 Å². The van der Waals surface area contributed by atoms with Gasteiger partial charge in [-0.05, 0) is 40.3 Å². The Morgan fingerprint density at radius 2 is 1.16 bits per heavy atom. The van der Waals surface area contributed by atoms with Crippen LogP contribution >= 0.6 is 0 Å². The molecule has 3 aromatic rings. The van der Waals surface area contributed by atoms with Crippen LogP contribution in [0.25, 0.3) is 0 Å². The summed E-state index contributed by atoms with van der Waals surface area (Å²) in [6.07, 6.45) is 0.894. The number of rotatable bonds is 4. The molecule has 0 aromatic heterocycles. The van der Waals surface area contributed by atoms with Gasteiger partial charge in [-0.15, -0.1) is 0 Å². The van der Waals surface area contributed by atoms with Crippen LogP contribution in [0.2, 0.25) is 0 Å². The Balaban J connectivity index is 1.39. The van der Waals surface area contributed by atoms with E-state index < -0.39 is 0 Å². The SMILES string of the molecule is CCc1ccccc1NCN1C(=O)[C@@H]2C3c4ccccc4C(c4ccccc43)[C@H]2C1=O. The van der Waals surface area contributed by atoms with Crippen LogP contribution in [0.5, 0.6) is 0 Å². The molecule has 0 unspecified atom stereocenters. The Morgan fingerprint density at radius 3 is 1.65 bits per heavy atom. The number of anilines is 1. The summed E-state index contributed by atoms with van der Waals surface area (Å²) in [6.45, 7) is 2.32. The summed E-state index contributed by atoms with van der Waals surface area (Å²) >= 11 is 0. The lowest BCUT2D eigenvalue weighted by Crippen LogP contribution is -2.41. The molecule has 1 saturated heterocycles. The summed E-state index contributed by atoms with van der Waals surface area (Å²) in [5, 5.41) is 3.35. The zero-order valence-corrected chi connectivity index (χ0v) is 17.4. The van der Waals surface area contributed by atoms with Crippen LogP contribution in [-0.2, 0) is 16.0 Å². The highest BCUT2D eigenvalue weighted by molar-refractivity contribution is 6.07. The van der Waals surface area contributed by atoms with Crippen LogP contribution in [0, 0.1) is 11.8 Å². The van der Waals surface area contributed by atoms with E-state index in [0.717, 1.165) is 12.1 Å². The number of carbonyl (C=O) groups excluding carboxylic acids is 2. The largest absolute Gasteiger partial charge is 0.367 e. The quantitative estimate of drug-likeness (QED) is 0.646. The van der Waals surface area contributed by atoms with E-state index in [9.17, 15) is 9.59 Å². The fourth-order valence-corrected chi connectivity index (χ4v) is 6.06. The molecular formula is C27H24N2O2. The minimum absolute atomic E-state index is 0.0458. The van der Waals surface area contributed by atoms with Crippen molar-refractivity contribution in [3.63, 3.8) is 0 Å². The summed E-state index contributed by atoms with van der Waals surface area (Å²) in [7, 11) is 0. The molecule has 1 aliphatic heterocycles. The number of nitrogens with zero attached hydrogens (tertiary/aromatic N) is 1. The molecular weight excluding hydrogens is 384 g/mol. The second-order valence-electron chi connectivity index (χ2n) is 8.71. The highest BCUT2D eigenvalue weighted by Crippen LogP contribution is 2.60. The maximum Gasteiger partial charge on any atom is 0.235 e. The van der Waals surface area contributed by atoms with Gasteiger partial charge < -0.3 is 5.32 Å². The lowest BCUT2D eigenvalue weighted by molar-refractivity contribution is -0.139. The Labute approximate surface area is 181 Å².